The minimum absolute atomic E-state index is 0.115. The first-order valence-electron chi connectivity index (χ1n) is 5.84. The van der Waals surface area contributed by atoms with Crippen molar-refractivity contribution in [2.45, 2.75) is 13.3 Å². The number of aromatic nitrogens is 2. The summed E-state index contributed by atoms with van der Waals surface area (Å²) in [7, 11) is 1.80. The number of fused-ring (bicyclic) bond motifs is 1. The van der Waals surface area contributed by atoms with Crippen LogP contribution in [0, 0.1) is 6.92 Å². The van der Waals surface area contributed by atoms with Crippen LogP contribution in [0.25, 0.3) is 11.4 Å². The molecule has 1 aliphatic rings. The number of anilines is 1. The Morgan fingerprint density at radius 2 is 1.94 bits per heavy atom. The molecule has 0 saturated carbocycles. The van der Waals surface area contributed by atoms with Crippen molar-refractivity contribution in [1.82, 2.24) is 9.97 Å². The Morgan fingerprint density at radius 3 is 2.67 bits per heavy atom. The van der Waals surface area contributed by atoms with Gasteiger partial charge in [-0.2, -0.15) is 0 Å². The highest BCUT2D eigenvalue weighted by molar-refractivity contribution is 6.03. The SMILES string of the molecule is Cc1cnc(-c2cccc3c2CC(=O)N3C)nc1. The first kappa shape index (κ1) is 10.9. The van der Waals surface area contributed by atoms with Gasteiger partial charge in [-0.25, -0.2) is 9.97 Å². The van der Waals surface area contributed by atoms with Gasteiger partial charge in [-0.05, 0) is 24.1 Å². The zero-order valence-electron chi connectivity index (χ0n) is 10.3. The van der Waals surface area contributed by atoms with Crippen LogP contribution < -0.4 is 4.90 Å². The quantitative estimate of drug-likeness (QED) is 0.764. The van der Waals surface area contributed by atoms with Crippen LogP contribution in [0.4, 0.5) is 5.69 Å². The highest BCUT2D eigenvalue weighted by atomic mass is 16.2. The van der Waals surface area contributed by atoms with Crippen molar-refractivity contribution in [3.8, 4) is 11.4 Å². The van der Waals surface area contributed by atoms with Crippen LogP contribution in [0.1, 0.15) is 11.1 Å². The van der Waals surface area contributed by atoms with E-state index in [2.05, 4.69) is 9.97 Å². The van der Waals surface area contributed by atoms with Gasteiger partial charge in [-0.15, -0.1) is 0 Å². The van der Waals surface area contributed by atoms with E-state index in [1.54, 1.807) is 24.3 Å². The van der Waals surface area contributed by atoms with Crippen molar-refractivity contribution >= 4 is 11.6 Å². The third-order valence-electron chi connectivity index (χ3n) is 3.24. The summed E-state index contributed by atoms with van der Waals surface area (Å²) in [6.07, 6.45) is 4.02. The lowest BCUT2D eigenvalue weighted by Crippen LogP contribution is -2.20. The molecule has 1 aliphatic heterocycles. The van der Waals surface area contributed by atoms with E-state index in [4.69, 9.17) is 0 Å². The molecule has 4 heteroatoms. The third-order valence-corrected chi connectivity index (χ3v) is 3.24. The van der Waals surface area contributed by atoms with Gasteiger partial charge >= 0.3 is 0 Å². The van der Waals surface area contributed by atoms with E-state index >= 15 is 0 Å². The smallest absolute Gasteiger partial charge is 0.231 e. The minimum Gasteiger partial charge on any atom is -0.315 e. The number of aryl methyl sites for hydroxylation is 1. The molecule has 0 saturated heterocycles. The van der Waals surface area contributed by atoms with Gasteiger partial charge < -0.3 is 4.90 Å². The van der Waals surface area contributed by atoms with E-state index in [9.17, 15) is 4.79 Å². The largest absolute Gasteiger partial charge is 0.315 e. The molecule has 0 bridgehead atoms. The number of hydrogen-bond donors (Lipinski definition) is 0. The number of rotatable bonds is 1. The van der Waals surface area contributed by atoms with Crippen molar-refractivity contribution < 1.29 is 4.79 Å². The first-order valence-corrected chi connectivity index (χ1v) is 5.84. The molecule has 0 N–H and O–H groups in total. The summed E-state index contributed by atoms with van der Waals surface area (Å²) >= 11 is 0. The maximum atomic E-state index is 11.8. The summed E-state index contributed by atoms with van der Waals surface area (Å²) in [6, 6.07) is 5.86. The molecule has 0 atom stereocenters. The highest BCUT2D eigenvalue weighted by Crippen LogP contribution is 2.34. The average molecular weight is 239 g/mol. The Labute approximate surface area is 105 Å². The average Bonchev–Trinajstić information content (AvgIpc) is 2.67. The molecule has 2 heterocycles. The molecule has 1 aromatic carbocycles. The van der Waals surface area contributed by atoms with Crippen molar-refractivity contribution in [2.75, 3.05) is 11.9 Å². The zero-order chi connectivity index (χ0) is 12.7. The molecule has 0 fully saturated rings. The summed E-state index contributed by atoms with van der Waals surface area (Å²) in [4.78, 5) is 22.1. The second-order valence-electron chi connectivity index (χ2n) is 4.52. The molecule has 1 amide bonds. The molecule has 3 rings (SSSR count). The molecule has 90 valence electrons. The van der Waals surface area contributed by atoms with E-state index in [-0.39, 0.29) is 5.91 Å². The number of carbonyl (C=O) groups excluding carboxylic acids is 1. The fraction of sp³-hybridized carbons (Fsp3) is 0.214. The normalized spacial score (nSPS) is 13.9. The lowest BCUT2D eigenvalue weighted by Gasteiger charge is -2.11. The second kappa shape index (κ2) is 3.91. The summed E-state index contributed by atoms with van der Waals surface area (Å²) in [5.74, 6) is 0.796. The van der Waals surface area contributed by atoms with Gasteiger partial charge in [0.25, 0.3) is 0 Å². The molecule has 0 aliphatic carbocycles. The van der Waals surface area contributed by atoms with Crippen LogP contribution >= 0.6 is 0 Å². The minimum atomic E-state index is 0.115. The zero-order valence-corrected chi connectivity index (χ0v) is 10.3. The van der Waals surface area contributed by atoms with Crippen LogP contribution in [0.2, 0.25) is 0 Å². The summed E-state index contributed by atoms with van der Waals surface area (Å²) in [5.41, 5.74) is 3.96. The highest BCUT2D eigenvalue weighted by Gasteiger charge is 2.27. The number of likely N-dealkylation sites (N-methyl/N-ethyl adjacent to an activating group) is 1. The van der Waals surface area contributed by atoms with Gasteiger partial charge in [0.15, 0.2) is 5.82 Å². The van der Waals surface area contributed by atoms with Crippen LogP contribution in [0.3, 0.4) is 0 Å². The Balaban J connectivity index is 2.15. The van der Waals surface area contributed by atoms with E-state index in [0.717, 1.165) is 22.4 Å². The van der Waals surface area contributed by atoms with E-state index < -0.39 is 0 Å². The second-order valence-corrected chi connectivity index (χ2v) is 4.52. The molecule has 0 unspecified atom stereocenters. The van der Waals surface area contributed by atoms with E-state index in [0.29, 0.717) is 12.2 Å². The number of nitrogens with zero attached hydrogens (tertiary/aromatic N) is 3. The molecule has 18 heavy (non-hydrogen) atoms. The topological polar surface area (TPSA) is 46.1 Å². The van der Waals surface area contributed by atoms with Crippen molar-refractivity contribution in [3.05, 3.63) is 41.7 Å². The third kappa shape index (κ3) is 1.57. The maximum Gasteiger partial charge on any atom is 0.231 e. The number of hydrogen-bond acceptors (Lipinski definition) is 3. The van der Waals surface area contributed by atoms with Gasteiger partial charge in [0, 0.05) is 30.7 Å². The fourth-order valence-corrected chi connectivity index (χ4v) is 2.22. The van der Waals surface area contributed by atoms with Gasteiger partial charge in [-0.3, -0.25) is 4.79 Å². The molecule has 2 aromatic rings. The van der Waals surface area contributed by atoms with Gasteiger partial charge in [0.2, 0.25) is 5.91 Å². The number of amides is 1. The predicted octanol–water partition coefficient (Wildman–Crippen LogP) is 1.97. The first-order chi connectivity index (χ1) is 8.66. The predicted molar refractivity (Wildman–Crippen MR) is 69.3 cm³/mol. The Morgan fingerprint density at radius 1 is 1.22 bits per heavy atom. The summed E-state index contributed by atoms with van der Waals surface area (Å²) in [6.45, 7) is 1.95. The Hall–Kier alpha value is -2.23. The lowest BCUT2D eigenvalue weighted by molar-refractivity contribution is -0.117. The van der Waals surface area contributed by atoms with Crippen LogP contribution in [-0.4, -0.2) is 22.9 Å². The number of benzene rings is 1. The monoisotopic (exact) mass is 239 g/mol. The van der Waals surface area contributed by atoms with Crippen LogP contribution in [0.15, 0.2) is 30.6 Å². The van der Waals surface area contributed by atoms with Gasteiger partial charge in [0.05, 0.1) is 6.42 Å². The Kier molecular flexibility index (Phi) is 2.37. The lowest BCUT2D eigenvalue weighted by atomic mass is 10.0. The maximum absolute atomic E-state index is 11.8. The van der Waals surface area contributed by atoms with Crippen LogP contribution in [-0.2, 0) is 11.2 Å². The van der Waals surface area contributed by atoms with E-state index in [1.807, 2.05) is 25.1 Å². The summed E-state index contributed by atoms with van der Waals surface area (Å²) in [5, 5.41) is 0. The van der Waals surface area contributed by atoms with E-state index in [1.165, 1.54) is 0 Å². The molecular formula is C14H13N3O. The molecule has 0 spiro atoms. The van der Waals surface area contributed by atoms with Crippen molar-refractivity contribution in [1.29, 1.82) is 0 Å². The molecular weight excluding hydrogens is 226 g/mol. The Bertz CT molecular complexity index is 619. The fourth-order valence-electron chi connectivity index (χ4n) is 2.22. The van der Waals surface area contributed by atoms with Crippen LogP contribution in [0.5, 0.6) is 0 Å². The standard InChI is InChI=1S/C14H13N3O/c1-9-7-15-14(16-8-9)10-4-3-5-12-11(10)6-13(18)17(12)2/h3-5,7-8H,6H2,1-2H3. The van der Waals surface area contributed by atoms with Gasteiger partial charge in [0.1, 0.15) is 0 Å². The molecule has 4 nitrogen and oxygen atoms in total. The number of carbonyl (C=O) groups is 1. The summed E-state index contributed by atoms with van der Waals surface area (Å²) < 4.78 is 0. The molecule has 0 radical (unpaired) electrons. The van der Waals surface area contributed by atoms with Gasteiger partial charge in [-0.1, -0.05) is 12.1 Å². The van der Waals surface area contributed by atoms with Crippen molar-refractivity contribution in [3.63, 3.8) is 0 Å². The molecule has 1 aromatic heterocycles. The van der Waals surface area contributed by atoms with Crippen molar-refractivity contribution in [2.24, 2.45) is 0 Å².